The van der Waals surface area contributed by atoms with Crippen molar-refractivity contribution in [2.24, 2.45) is 0 Å². The zero-order valence-corrected chi connectivity index (χ0v) is 17.0. The van der Waals surface area contributed by atoms with Gasteiger partial charge in [-0.1, -0.05) is 35.9 Å². The number of thiocarbonyl (C=S) groups is 1. The molecule has 0 aliphatic carbocycles. The molecule has 0 unspecified atom stereocenters. The molecule has 3 rings (SSSR count). The summed E-state index contributed by atoms with van der Waals surface area (Å²) in [6.45, 7) is 5.61. The van der Waals surface area contributed by atoms with E-state index in [2.05, 4.69) is 27.5 Å². The number of amides is 1. The molecule has 27 heavy (non-hydrogen) atoms. The number of anilines is 2. The topological polar surface area (TPSA) is 47.6 Å². The van der Waals surface area contributed by atoms with Crippen molar-refractivity contribution >= 4 is 46.2 Å². The summed E-state index contributed by atoms with van der Waals surface area (Å²) in [5.41, 5.74) is 3.22. The number of piperazine rings is 1. The van der Waals surface area contributed by atoms with Crippen molar-refractivity contribution in [3.8, 4) is 0 Å². The number of hydrogen-bond donors (Lipinski definition) is 2. The van der Waals surface area contributed by atoms with Gasteiger partial charge >= 0.3 is 0 Å². The molecule has 0 aromatic heterocycles. The molecule has 2 aromatic rings. The fourth-order valence-corrected chi connectivity index (χ4v) is 3.62. The van der Waals surface area contributed by atoms with Crippen molar-refractivity contribution in [2.75, 3.05) is 43.4 Å². The Hall–Kier alpha value is -2.15. The van der Waals surface area contributed by atoms with Crippen LogP contribution in [0.2, 0.25) is 5.02 Å². The van der Waals surface area contributed by atoms with Crippen LogP contribution in [0.25, 0.3) is 0 Å². The summed E-state index contributed by atoms with van der Waals surface area (Å²) in [6, 6.07) is 13.1. The monoisotopic (exact) mass is 402 g/mol. The van der Waals surface area contributed by atoms with Gasteiger partial charge in [-0.05, 0) is 50.0 Å². The number of rotatable bonds is 3. The first kappa shape index (κ1) is 19.6. The number of carbonyl (C=O) groups excluding carboxylic acids is 1. The summed E-state index contributed by atoms with van der Waals surface area (Å²) in [7, 11) is 2.11. The van der Waals surface area contributed by atoms with Gasteiger partial charge in [-0.25, -0.2) is 0 Å². The molecule has 2 N–H and O–H groups in total. The van der Waals surface area contributed by atoms with Crippen molar-refractivity contribution in [3.05, 3.63) is 58.6 Å². The Morgan fingerprint density at radius 1 is 1.07 bits per heavy atom. The Labute approximate surface area is 170 Å². The van der Waals surface area contributed by atoms with Crippen molar-refractivity contribution in [1.29, 1.82) is 0 Å². The van der Waals surface area contributed by atoms with Crippen LogP contribution in [0, 0.1) is 6.92 Å². The smallest absolute Gasteiger partial charge is 0.257 e. The van der Waals surface area contributed by atoms with Crippen LogP contribution < -0.4 is 15.5 Å². The number of aryl methyl sites for hydroxylation is 1. The van der Waals surface area contributed by atoms with Gasteiger partial charge in [-0.3, -0.25) is 10.1 Å². The molecule has 1 heterocycles. The predicted molar refractivity (Wildman–Crippen MR) is 116 cm³/mol. The molecule has 1 aliphatic rings. The minimum absolute atomic E-state index is 0.228. The number of nitrogens with one attached hydrogen (secondary N) is 2. The third-order valence-electron chi connectivity index (χ3n) is 4.67. The Morgan fingerprint density at radius 2 is 1.78 bits per heavy atom. The van der Waals surface area contributed by atoms with E-state index < -0.39 is 0 Å². The second-order valence-electron chi connectivity index (χ2n) is 6.65. The SMILES string of the molecule is Cc1ccccc1C(=O)NC(=S)Nc1cccc(Cl)c1N1CCN(C)CC1. The Morgan fingerprint density at radius 3 is 2.48 bits per heavy atom. The lowest BCUT2D eigenvalue weighted by Crippen LogP contribution is -2.45. The molecule has 0 saturated carbocycles. The highest BCUT2D eigenvalue weighted by Crippen LogP contribution is 2.34. The van der Waals surface area contributed by atoms with E-state index in [0.717, 1.165) is 43.1 Å². The second kappa shape index (κ2) is 8.69. The predicted octanol–water partition coefficient (Wildman–Crippen LogP) is 3.53. The van der Waals surface area contributed by atoms with Crippen molar-refractivity contribution in [3.63, 3.8) is 0 Å². The number of para-hydroxylation sites is 1. The first-order valence-corrected chi connectivity index (χ1v) is 9.64. The molecule has 1 aliphatic heterocycles. The van der Waals surface area contributed by atoms with Crippen LogP contribution in [-0.4, -0.2) is 49.1 Å². The summed E-state index contributed by atoms with van der Waals surface area (Å²) in [5.74, 6) is -0.228. The quantitative estimate of drug-likeness (QED) is 0.769. The van der Waals surface area contributed by atoms with Crippen LogP contribution in [0.4, 0.5) is 11.4 Å². The molecule has 1 saturated heterocycles. The molecule has 1 fully saturated rings. The summed E-state index contributed by atoms with van der Waals surface area (Å²) >= 11 is 11.8. The van der Waals surface area contributed by atoms with Gasteiger partial charge in [-0.2, -0.15) is 0 Å². The van der Waals surface area contributed by atoms with Crippen LogP contribution in [-0.2, 0) is 0 Å². The van der Waals surface area contributed by atoms with E-state index in [1.807, 2.05) is 43.3 Å². The Balaban J connectivity index is 1.74. The van der Waals surface area contributed by atoms with Crippen molar-refractivity contribution < 1.29 is 4.79 Å². The number of nitrogens with zero attached hydrogens (tertiary/aromatic N) is 2. The van der Waals surface area contributed by atoms with Gasteiger partial charge < -0.3 is 15.1 Å². The zero-order valence-electron chi connectivity index (χ0n) is 15.5. The highest BCUT2D eigenvalue weighted by atomic mass is 35.5. The summed E-state index contributed by atoms with van der Waals surface area (Å²) < 4.78 is 0. The van der Waals surface area contributed by atoms with E-state index in [-0.39, 0.29) is 11.0 Å². The third kappa shape index (κ3) is 4.77. The van der Waals surface area contributed by atoms with Gasteiger partial charge in [0, 0.05) is 31.7 Å². The zero-order chi connectivity index (χ0) is 19.4. The molecule has 142 valence electrons. The lowest BCUT2D eigenvalue weighted by Gasteiger charge is -2.35. The van der Waals surface area contributed by atoms with Crippen LogP contribution in [0.5, 0.6) is 0 Å². The number of hydrogen-bond acceptors (Lipinski definition) is 4. The van der Waals surface area contributed by atoms with Gasteiger partial charge in [0.1, 0.15) is 0 Å². The molecule has 0 radical (unpaired) electrons. The van der Waals surface area contributed by atoms with E-state index >= 15 is 0 Å². The molecule has 2 aromatic carbocycles. The maximum absolute atomic E-state index is 12.5. The summed E-state index contributed by atoms with van der Waals surface area (Å²) in [6.07, 6.45) is 0. The highest BCUT2D eigenvalue weighted by molar-refractivity contribution is 7.80. The average molecular weight is 403 g/mol. The Bertz CT molecular complexity index is 850. The second-order valence-corrected chi connectivity index (χ2v) is 7.46. The minimum atomic E-state index is -0.228. The molecular weight excluding hydrogens is 380 g/mol. The largest absolute Gasteiger partial charge is 0.366 e. The number of halogens is 1. The van der Waals surface area contributed by atoms with Crippen LogP contribution in [0.3, 0.4) is 0 Å². The standard InChI is InChI=1S/C20H23ClN4OS/c1-14-6-3-4-7-15(14)19(26)23-20(27)22-17-9-5-8-16(21)18(17)25-12-10-24(2)11-13-25/h3-9H,10-13H2,1-2H3,(H2,22,23,26,27). The van der Waals surface area contributed by atoms with E-state index in [9.17, 15) is 4.79 Å². The van der Waals surface area contributed by atoms with Gasteiger partial charge in [0.2, 0.25) is 0 Å². The van der Waals surface area contributed by atoms with Crippen LogP contribution >= 0.6 is 23.8 Å². The molecule has 0 atom stereocenters. The average Bonchev–Trinajstić information content (AvgIpc) is 2.63. The third-order valence-corrected chi connectivity index (χ3v) is 5.18. The van der Waals surface area contributed by atoms with E-state index in [0.29, 0.717) is 10.6 Å². The number of likely N-dealkylation sites (N-methyl/N-ethyl adjacent to an activating group) is 1. The normalized spacial score (nSPS) is 14.7. The lowest BCUT2D eigenvalue weighted by atomic mass is 10.1. The first-order chi connectivity index (χ1) is 13.0. The van der Waals surface area contributed by atoms with Crippen LogP contribution in [0.1, 0.15) is 15.9 Å². The van der Waals surface area contributed by atoms with E-state index in [4.69, 9.17) is 23.8 Å². The molecular formula is C20H23ClN4OS. The molecule has 0 bridgehead atoms. The maximum Gasteiger partial charge on any atom is 0.257 e. The van der Waals surface area contributed by atoms with Gasteiger partial charge in [0.15, 0.2) is 5.11 Å². The van der Waals surface area contributed by atoms with Gasteiger partial charge in [-0.15, -0.1) is 0 Å². The maximum atomic E-state index is 12.5. The molecule has 7 heteroatoms. The summed E-state index contributed by atoms with van der Waals surface area (Å²) in [5, 5.41) is 6.81. The van der Waals surface area contributed by atoms with E-state index in [1.165, 1.54) is 0 Å². The van der Waals surface area contributed by atoms with Crippen LogP contribution in [0.15, 0.2) is 42.5 Å². The van der Waals surface area contributed by atoms with Crippen molar-refractivity contribution in [2.45, 2.75) is 6.92 Å². The van der Waals surface area contributed by atoms with Gasteiger partial charge in [0.05, 0.1) is 16.4 Å². The summed E-state index contributed by atoms with van der Waals surface area (Å²) in [4.78, 5) is 17.0. The number of benzene rings is 2. The first-order valence-electron chi connectivity index (χ1n) is 8.85. The highest BCUT2D eigenvalue weighted by Gasteiger charge is 2.20. The molecule has 1 amide bonds. The number of carbonyl (C=O) groups is 1. The van der Waals surface area contributed by atoms with E-state index in [1.54, 1.807) is 6.07 Å². The fraction of sp³-hybridized carbons (Fsp3) is 0.300. The fourth-order valence-electron chi connectivity index (χ4n) is 3.12. The molecule has 0 spiro atoms. The minimum Gasteiger partial charge on any atom is -0.366 e. The van der Waals surface area contributed by atoms with Crippen molar-refractivity contribution in [1.82, 2.24) is 10.2 Å². The van der Waals surface area contributed by atoms with Gasteiger partial charge in [0.25, 0.3) is 5.91 Å². The Kier molecular flexibility index (Phi) is 6.31. The lowest BCUT2D eigenvalue weighted by molar-refractivity contribution is 0.0977. The molecule has 5 nitrogen and oxygen atoms in total.